The van der Waals surface area contributed by atoms with E-state index in [2.05, 4.69) is 9.88 Å². The number of fused-ring (bicyclic) bond motifs is 1. The van der Waals surface area contributed by atoms with Crippen molar-refractivity contribution in [1.29, 1.82) is 0 Å². The molecule has 0 saturated heterocycles. The number of anilines is 1. The molecule has 0 radical (unpaired) electrons. The number of benzene rings is 1. The lowest BCUT2D eigenvalue weighted by Crippen LogP contribution is -2.35. The van der Waals surface area contributed by atoms with Gasteiger partial charge >= 0.3 is 0 Å². The van der Waals surface area contributed by atoms with Crippen LogP contribution in [0.2, 0.25) is 5.02 Å². The van der Waals surface area contributed by atoms with E-state index in [1.165, 1.54) is 11.3 Å². The minimum absolute atomic E-state index is 0.149. The van der Waals surface area contributed by atoms with Crippen LogP contribution in [0.15, 0.2) is 24.5 Å². The third kappa shape index (κ3) is 3.75. The Morgan fingerprint density at radius 3 is 2.69 bits per heavy atom. The summed E-state index contributed by atoms with van der Waals surface area (Å²) in [5, 5.41) is 1.31. The SMILES string of the molecule is Cc1ccc(Cl)c2sc(N(CCCN(C)C)C(=O)c3nccn3C)nc12. The number of carbonyl (C=O) groups is 1. The smallest absolute Gasteiger partial charge is 0.296 e. The highest BCUT2D eigenvalue weighted by atomic mass is 35.5. The number of amides is 1. The number of aromatic nitrogens is 3. The van der Waals surface area contributed by atoms with E-state index in [-0.39, 0.29) is 5.91 Å². The van der Waals surface area contributed by atoms with Gasteiger partial charge in [-0.05, 0) is 45.6 Å². The van der Waals surface area contributed by atoms with Gasteiger partial charge in [-0.2, -0.15) is 0 Å². The maximum Gasteiger partial charge on any atom is 0.296 e. The first kappa shape index (κ1) is 18.8. The second-order valence-electron chi connectivity index (χ2n) is 6.51. The molecule has 3 aromatic rings. The molecule has 0 fully saturated rings. The fourth-order valence-corrected chi connectivity index (χ4v) is 4.07. The summed E-state index contributed by atoms with van der Waals surface area (Å²) in [4.78, 5) is 25.9. The Bertz CT molecular complexity index is 894. The number of imidazole rings is 1. The maximum absolute atomic E-state index is 13.1. The Morgan fingerprint density at radius 1 is 1.31 bits per heavy atom. The van der Waals surface area contributed by atoms with Crippen LogP contribution in [0.5, 0.6) is 0 Å². The van der Waals surface area contributed by atoms with Gasteiger partial charge in [0.05, 0.1) is 15.2 Å². The summed E-state index contributed by atoms with van der Waals surface area (Å²) >= 11 is 7.79. The zero-order chi connectivity index (χ0) is 18.8. The van der Waals surface area contributed by atoms with Crippen molar-refractivity contribution < 1.29 is 4.79 Å². The fourth-order valence-electron chi connectivity index (χ4n) is 2.73. The van der Waals surface area contributed by atoms with Crippen molar-refractivity contribution in [2.24, 2.45) is 7.05 Å². The van der Waals surface area contributed by atoms with E-state index in [1.807, 2.05) is 40.2 Å². The zero-order valence-corrected chi connectivity index (χ0v) is 16.9. The summed E-state index contributed by atoms with van der Waals surface area (Å²) in [6.07, 6.45) is 4.24. The second-order valence-corrected chi connectivity index (χ2v) is 7.90. The summed E-state index contributed by atoms with van der Waals surface area (Å²) < 4.78 is 2.64. The third-order valence-electron chi connectivity index (χ3n) is 4.16. The molecule has 0 N–H and O–H groups in total. The Kier molecular flexibility index (Phi) is 5.60. The molecule has 26 heavy (non-hydrogen) atoms. The Balaban J connectivity index is 2.00. The largest absolute Gasteiger partial charge is 0.330 e. The molecule has 138 valence electrons. The molecular weight excluding hydrogens is 370 g/mol. The number of halogens is 1. The number of hydrogen-bond acceptors (Lipinski definition) is 5. The lowest BCUT2D eigenvalue weighted by Gasteiger charge is -2.20. The van der Waals surface area contributed by atoms with Crippen molar-refractivity contribution in [2.45, 2.75) is 13.3 Å². The van der Waals surface area contributed by atoms with E-state index in [0.717, 1.165) is 28.7 Å². The number of carbonyl (C=O) groups excluding carboxylic acids is 1. The van der Waals surface area contributed by atoms with Gasteiger partial charge in [0.1, 0.15) is 0 Å². The molecule has 2 heterocycles. The Morgan fingerprint density at radius 2 is 2.08 bits per heavy atom. The molecule has 1 amide bonds. The fraction of sp³-hybridized carbons (Fsp3) is 0.389. The van der Waals surface area contributed by atoms with Crippen LogP contribution in [-0.4, -0.2) is 52.5 Å². The van der Waals surface area contributed by atoms with Crippen LogP contribution < -0.4 is 4.90 Å². The first-order valence-corrected chi connectivity index (χ1v) is 9.57. The molecule has 0 bridgehead atoms. The number of aryl methyl sites for hydroxylation is 2. The molecule has 1 aromatic carbocycles. The van der Waals surface area contributed by atoms with Crippen molar-refractivity contribution in [1.82, 2.24) is 19.4 Å². The van der Waals surface area contributed by atoms with Crippen molar-refractivity contribution in [3.8, 4) is 0 Å². The van der Waals surface area contributed by atoms with Crippen LogP contribution in [0.1, 0.15) is 22.6 Å². The third-order valence-corrected chi connectivity index (χ3v) is 5.70. The highest BCUT2D eigenvalue weighted by Crippen LogP contribution is 2.36. The first-order chi connectivity index (χ1) is 12.4. The van der Waals surface area contributed by atoms with Gasteiger partial charge in [0, 0.05) is 26.0 Å². The van der Waals surface area contributed by atoms with Crippen LogP contribution in [0.25, 0.3) is 10.2 Å². The normalized spacial score (nSPS) is 11.5. The minimum Gasteiger partial charge on any atom is -0.330 e. The molecule has 2 aromatic heterocycles. The number of rotatable bonds is 6. The predicted octanol–water partition coefficient (Wildman–Crippen LogP) is 3.59. The maximum atomic E-state index is 13.1. The van der Waals surface area contributed by atoms with Gasteiger partial charge < -0.3 is 9.47 Å². The molecule has 6 nitrogen and oxygen atoms in total. The van der Waals surface area contributed by atoms with Crippen LogP contribution in [-0.2, 0) is 7.05 Å². The predicted molar refractivity (Wildman–Crippen MR) is 107 cm³/mol. The summed E-state index contributed by atoms with van der Waals surface area (Å²) in [7, 11) is 5.86. The van der Waals surface area contributed by atoms with E-state index in [0.29, 0.717) is 22.5 Å². The van der Waals surface area contributed by atoms with Gasteiger partial charge in [0.15, 0.2) is 11.0 Å². The van der Waals surface area contributed by atoms with Gasteiger partial charge in [0.25, 0.3) is 5.91 Å². The summed E-state index contributed by atoms with van der Waals surface area (Å²) in [6.45, 7) is 3.45. The summed E-state index contributed by atoms with van der Waals surface area (Å²) in [5.74, 6) is 0.251. The van der Waals surface area contributed by atoms with Crippen molar-refractivity contribution >= 4 is 44.2 Å². The zero-order valence-electron chi connectivity index (χ0n) is 15.4. The summed E-state index contributed by atoms with van der Waals surface area (Å²) in [5.41, 5.74) is 1.90. The average Bonchev–Trinajstić information content (AvgIpc) is 3.21. The molecule has 0 spiro atoms. The lowest BCUT2D eigenvalue weighted by atomic mass is 10.2. The second kappa shape index (κ2) is 7.73. The van der Waals surface area contributed by atoms with Crippen LogP contribution >= 0.6 is 22.9 Å². The molecule has 0 unspecified atom stereocenters. The quantitative estimate of drug-likeness (QED) is 0.644. The molecule has 0 aliphatic carbocycles. The van der Waals surface area contributed by atoms with E-state index in [1.54, 1.807) is 21.9 Å². The van der Waals surface area contributed by atoms with Gasteiger partial charge in [-0.3, -0.25) is 9.69 Å². The van der Waals surface area contributed by atoms with Crippen LogP contribution in [0.3, 0.4) is 0 Å². The van der Waals surface area contributed by atoms with Gasteiger partial charge in [0.2, 0.25) is 0 Å². The van der Waals surface area contributed by atoms with Gasteiger partial charge in [-0.25, -0.2) is 9.97 Å². The van der Waals surface area contributed by atoms with Gasteiger partial charge in [-0.1, -0.05) is 29.0 Å². The first-order valence-electron chi connectivity index (χ1n) is 8.38. The molecule has 3 rings (SSSR count). The molecule has 0 aliphatic rings. The lowest BCUT2D eigenvalue weighted by molar-refractivity contribution is 0.0973. The standard InChI is InChI=1S/C18H22ClN5OS/c1-12-6-7-13(19)15-14(12)21-18(26-15)24(10-5-9-22(2)3)17(25)16-20-8-11-23(16)4/h6-8,11H,5,9-10H2,1-4H3. The van der Waals surface area contributed by atoms with E-state index in [9.17, 15) is 4.79 Å². The van der Waals surface area contributed by atoms with E-state index < -0.39 is 0 Å². The molecular formula is C18H22ClN5OS. The minimum atomic E-state index is -0.149. The summed E-state index contributed by atoms with van der Waals surface area (Å²) in [6, 6.07) is 3.82. The number of hydrogen-bond donors (Lipinski definition) is 0. The molecule has 0 saturated carbocycles. The Labute approximate surface area is 162 Å². The monoisotopic (exact) mass is 391 g/mol. The topological polar surface area (TPSA) is 54.3 Å². The van der Waals surface area contributed by atoms with Gasteiger partial charge in [-0.15, -0.1) is 0 Å². The number of nitrogens with zero attached hydrogens (tertiary/aromatic N) is 5. The van der Waals surface area contributed by atoms with E-state index in [4.69, 9.17) is 16.6 Å². The number of thiazole rings is 1. The van der Waals surface area contributed by atoms with Crippen molar-refractivity contribution in [2.75, 3.05) is 32.1 Å². The molecule has 0 aliphatic heterocycles. The molecule has 8 heteroatoms. The van der Waals surface area contributed by atoms with Crippen LogP contribution in [0.4, 0.5) is 5.13 Å². The highest BCUT2D eigenvalue weighted by Gasteiger charge is 2.24. The molecule has 0 atom stereocenters. The Hall–Kier alpha value is -1.96. The average molecular weight is 392 g/mol. The van der Waals surface area contributed by atoms with Crippen molar-refractivity contribution in [3.05, 3.63) is 40.9 Å². The van der Waals surface area contributed by atoms with E-state index >= 15 is 0 Å². The van der Waals surface area contributed by atoms with Crippen LogP contribution in [0, 0.1) is 6.92 Å². The van der Waals surface area contributed by atoms with Crippen molar-refractivity contribution in [3.63, 3.8) is 0 Å². The highest BCUT2D eigenvalue weighted by molar-refractivity contribution is 7.23.